The monoisotopic (exact) mass is 440 g/mol. The minimum Gasteiger partial charge on any atom is -0.388 e. The SMILES string of the molecule is OC(c1cc(Br)sc1Br)C1CCOC2(CCSCC2)C1. The summed E-state index contributed by atoms with van der Waals surface area (Å²) < 4.78 is 8.22. The molecule has 2 aliphatic rings. The molecule has 6 heteroatoms. The molecule has 2 nitrogen and oxygen atoms in total. The van der Waals surface area contributed by atoms with E-state index < -0.39 is 0 Å². The van der Waals surface area contributed by atoms with Gasteiger partial charge in [0.25, 0.3) is 0 Å². The van der Waals surface area contributed by atoms with Crippen LogP contribution in [0.25, 0.3) is 0 Å². The molecule has 112 valence electrons. The van der Waals surface area contributed by atoms with Crippen LogP contribution < -0.4 is 0 Å². The first-order valence-electron chi connectivity index (χ1n) is 6.94. The first-order chi connectivity index (χ1) is 9.60. The standard InChI is InChI=1S/C14H18Br2O2S2/c15-11-7-10(13(16)20-11)12(17)9-1-4-18-14(8-9)2-5-19-6-3-14/h7,9,12,17H,1-6,8H2. The van der Waals surface area contributed by atoms with Crippen LogP contribution in [0.3, 0.4) is 0 Å². The molecule has 1 N–H and O–H groups in total. The molecule has 1 aromatic heterocycles. The van der Waals surface area contributed by atoms with E-state index >= 15 is 0 Å². The highest BCUT2D eigenvalue weighted by Gasteiger charge is 2.41. The fourth-order valence-electron chi connectivity index (χ4n) is 3.24. The van der Waals surface area contributed by atoms with Gasteiger partial charge in [0.15, 0.2) is 0 Å². The van der Waals surface area contributed by atoms with Crippen molar-refractivity contribution < 1.29 is 9.84 Å². The van der Waals surface area contributed by atoms with E-state index in [1.165, 1.54) is 11.5 Å². The van der Waals surface area contributed by atoms with E-state index in [-0.39, 0.29) is 11.7 Å². The smallest absolute Gasteiger partial charge is 0.0839 e. The van der Waals surface area contributed by atoms with Gasteiger partial charge in [-0.2, -0.15) is 11.8 Å². The summed E-state index contributed by atoms with van der Waals surface area (Å²) in [6.07, 6.45) is 3.83. The summed E-state index contributed by atoms with van der Waals surface area (Å²) in [4.78, 5) is 0. The topological polar surface area (TPSA) is 29.5 Å². The lowest BCUT2D eigenvalue weighted by atomic mass is 9.78. The lowest BCUT2D eigenvalue weighted by Gasteiger charge is -2.44. The second-order valence-electron chi connectivity index (χ2n) is 5.62. The zero-order valence-electron chi connectivity index (χ0n) is 11.1. The number of halogens is 2. The van der Waals surface area contributed by atoms with Crippen LogP contribution in [0.15, 0.2) is 13.6 Å². The van der Waals surface area contributed by atoms with Crippen molar-refractivity contribution in [1.29, 1.82) is 0 Å². The van der Waals surface area contributed by atoms with E-state index in [4.69, 9.17) is 4.74 Å². The number of thioether (sulfide) groups is 1. The van der Waals surface area contributed by atoms with Gasteiger partial charge in [0, 0.05) is 12.2 Å². The Labute approximate surface area is 144 Å². The number of aliphatic hydroxyl groups is 1. The Bertz CT molecular complexity index is 466. The second kappa shape index (κ2) is 6.59. The van der Waals surface area contributed by atoms with Crippen molar-refractivity contribution in [2.45, 2.75) is 37.4 Å². The van der Waals surface area contributed by atoms with Crippen molar-refractivity contribution in [3.8, 4) is 0 Å². The van der Waals surface area contributed by atoms with E-state index in [1.807, 2.05) is 17.8 Å². The van der Waals surface area contributed by atoms with Gasteiger partial charge in [-0.1, -0.05) is 0 Å². The van der Waals surface area contributed by atoms with E-state index in [2.05, 4.69) is 31.9 Å². The van der Waals surface area contributed by atoms with Crippen molar-refractivity contribution in [2.24, 2.45) is 5.92 Å². The molecule has 3 heterocycles. The van der Waals surface area contributed by atoms with E-state index in [9.17, 15) is 5.11 Å². The molecule has 0 aromatic carbocycles. The highest BCUT2D eigenvalue weighted by molar-refractivity contribution is 9.12. The molecule has 1 spiro atoms. The predicted molar refractivity (Wildman–Crippen MR) is 92.6 cm³/mol. The molecular weight excluding hydrogens is 424 g/mol. The first kappa shape index (κ1) is 15.8. The molecule has 20 heavy (non-hydrogen) atoms. The molecule has 0 amide bonds. The largest absolute Gasteiger partial charge is 0.388 e. The van der Waals surface area contributed by atoms with Crippen molar-refractivity contribution in [1.82, 2.24) is 0 Å². The minimum absolute atomic E-state index is 0.0366. The summed E-state index contributed by atoms with van der Waals surface area (Å²) in [6, 6.07) is 2.04. The number of thiophene rings is 1. The number of rotatable bonds is 2. The molecule has 0 saturated carbocycles. The van der Waals surface area contributed by atoms with E-state index in [0.29, 0.717) is 5.92 Å². The predicted octanol–water partition coefficient (Wildman–Crippen LogP) is 5.00. The Morgan fingerprint density at radius 2 is 2.10 bits per heavy atom. The third kappa shape index (κ3) is 3.30. The number of ether oxygens (including phenoxy) is 1. The Balaban J connectivity index is 1.74. The molecule has 0 bridgehead atoms. The number of aliphatic hydroxyl groups excluding tert-OH is 1. The molecular formula is C14H18Br2O2S2. The van der Waals surface area contributed by atoms with Crippen LogP contribution in [0.5, 0.6) is 0 Å². The zero-order valence-corrected chi connectivity index (χ0v) is 15.9. The van der Waals surface area contributed by atoms with Crippen molar-refractivity contribution in [3.63, 3.8) is 0 Å². The van der Waals surface area contributed by atoms with Crippen LogP contribution in [-0.4, -0.2) is 28.8 Å². The fourth-order valence-corrected chi connectivity index (χ4v) is 7.38. The second-order valence-corrected chi connectivity index (χ2v) is 10.6. The fraction of sp³-hybridized carbons (Fsp3) is 0.714. The summed E-state index contributed by atoms with van der Waals surface area (Å²) in [7, 11) is 0. The molecule has 2 unspecified atom stereocenters. The van der Waals surface area contributed by atoms with Gasteiger partial charge in [0.1, 0.15) is 0 Å². The van der Waals surface area contributed by atoms with Crippen LogP contribution in [0, 0.1) is 5.92 Å². The number of hydrogen-bond donors (Lipinski definition) is 1. The van der Waals surface area contributed by atoms with Gasteiger partial charge in [0.05, 0.1) is 19.3 Å². The Hall–Kier alpha value is 0.930. The molecule has 1 aromatic rings. The lowest BCUT2D eigenvalue weighted by molar-refractivity contribution is -0.121. The van der Waals surface area contributed by atoms with Crippen molar-refractivity contribution >= 4 is 55.0 Å². The van der Waals surface area contributed by atoms with Crippen molar-refractivity contribution in [2.75, 3.05) is 18.1 Å². The van der Waals surface area contributed by atoms with Gasteiger partial charge >= 0.3 is 0 Å². The quantitative estimate of drug-likeness (QED) is 0.700. The summed E-state index contributed by atoms with van der Waals surface area (Å²) in [5.41, 5.74) is 1.06. The maximum Gasteiger partial charge on any atom is 0.0839 e. The van der Waals surface area contributed by atoms with Gasteiger partial charge in [-0.15, -0.1) is 11.3 Å². The summed E-state index contributed by atoms with van der Waals surface area (Å²) in [5, 5.41) is 10.7. The Morgan fingerprint density at radius 1 is 1.35 bits per heavy atom. The van der Waals surface area contributed by atoms with Crippen LogP contribution in [0.1, 0.15) is 37.4 Å². The summed E-state index contributed by atoms with van der Waals surface area (Å²) in [6.45, 7) is 0.787. The third-order valence-electron chi connectivity index (χ3n) is 4.38. The highest BCUT2D eigenvalue weighted by atomic mass is 79.9. The molecule has 2 saturated heterocycles. The molecule has 0 aliphatic carbocycles. The zero-order chi connectivity index (χ0) is 14.2. The van der Waals surface area contributed by atoms with Crippen LogP contribution in [-0.2, 0) is 4.74 Å². The van der Waals surface area contributed by atoms with E-state index in [1.54, 1.807) is 11.3 Å². The van der Waals surface area contributed by atoms with Crippen LogP contribution >= 0.6 is 55.0 Å². The van der Waals surface area contributed by atoms with Gasteiger partial charge in [-0.3, -0.25) is 0 Å². The van der Waals surface area contributed by atoms with Crippen molar-refractivity contribution in [3.05, 3.63) is 19.2 Å². The average molecular weight is 442 g/mol. The molecule has 2 fully saturated rings. The van der Waals surface area contributed by atoms with Gasteiger partial charge in [-0.05, 0) is 81.0 Å². The van der Waals surface area contributed by atoms with Gasteiger partial charge < -0.3 is 9.84 Å². The van der Waals surface area contributed by atoms with Gasteiger partial charge in [0.2, 0.25) is 0 Å². The minimum atomic E-state index is -0.387. The average Bonchev–Trinajstić information content (AvgIpc) is 2.78. The molecule has 3 rings (SSSR count). The Morgan fingerprint density at radius 3 is 2.75 bits per heavy atom. The summed E-state index contributed by atoms with van der Waals surface area (Å²) >= 11 is 10.7. The first-order valence-corrected chi connectivity index (χ1v) is 10.5. The lowest BCUT2D eigenvalue weighted by Crippen LogP contribution is -2.44. The maximum atomic E-state index is 10.7. The molecule has 2 atom stereocenters. The third-order valence-corrected chi connectivity index (χ3v) is 7.75. The van der Waals surface area contributed by atoms with Crippen LogP contribution in [0.4, 0.5) is 0 Å². The molecule has 2 aliphatic heterocycles. The normalized spacial score (nSPS) is 27.6. The maximum absolute atomic E-state index is 10.7. The van der Waals surface area contributed by atoms with Crippen LogP contribution in [0.2, 0.25) is 0 Å². The molecule has 0 radical (unpaired) electrons. The van der Waals surface area contributed by atoms with Gasteiger partial charge in [-0.25, -0.2) is 0 Å². The number of hydrogen-bond acceptors (Lipinski definition) is 4. The van der Waals surface area contributed by atoms with E-state index in [0.717, 1.165) is 45.4 Å². The summed E-state index contributed by atoms with van der Waals surface area (Å²) in [5.74, 6) is 2.69. The Kier molecular flexibility index (Phi) is 5.21. The highest BCUT2D eigenvalue weighted by Crippen LogP contribution is 2.46.